The van der Waals surface area contributed by atoms with Crippen LogP contribution in [0.25, 0.3) is 0 Å². The normalized spacial score (nSPS) is 11.3. The van der Waals surface area contributed by atoms with E-state index in [9.17, 15) is 4.79 Å². The maximum Gasteiger partial charge on any atom is 0.221 e. The lowest BCUT2D eigenvalue weighted by Crippen LogP contribution is -2.18. The van der Waals surface area contributed by atoms with E-state index in [4.69, 9.17) is 5.21 Å². The van der Waals surface area contributed by atoms with Crippen LogP contribution in [0.5, 0.6) is 0 Å². The summed E-state index contributed by atoms with van der Waals surface area (Å²) in [6, 6.07) is 6.97. The quantitative estimate of drug-likeness (QED) is 0.286. The van der Waals surface area contributed by atoms with Gasteiger partial charge in [-0.05, 0) is 38.4 Å². The highest BCUT2D eigenvalue weighted by atomic mass is 79.9. The van der Waals surface area contributed by atoms with E-state index in [2.05, 4.69) is 21.1 Å². The number of thioether (sulfide) groups is 1. The van der Waals surface area contributed by atoms with Gasteiger partial charge in [0.1, 0.15) is 0 Å². The van der Waals surface area contributed by atoms with Crippen molar-refractivity contribution in [2.75, 3.05) is 26.4 Å². The number of carbonyl (C=O) groups excluding carboxylic acids is 1. The number of oxime groups is 1. The molecule has 0 aliphatic carbocycles. The van der Waals surface area contributed by atoms with Crippen molar-refractivity contribution in [2.24, 2.45) is 5.16 Å². The Balaban J connectivity index is 0.00000324. The lowest BCUT2D eigenvalue weighted by Gasteiger charge is -2.08. The number of hydrogen-bond donors (Lipinski definition) is 1. The summed E-state index contributed by atoms with van der Waals surface area (Å²) in [7, 11) is 3.90. The Bertz CT molecular complexity index is 438. The topological polar surface area (TPSA) is 52.9 Å². The van der Waals surface area contributed by atoms with Gasteiger partial charge in [-0.25, -0.2) is 0 Å². The van der Waals surface area contributed by atoms with Crippen molar-refractivity contribution in [3.05, 3.63) is 34.3 Å². The third-order valence-electron chi connectivity index (χ3n) is 2.17. The number of Topliss-reactive ketones (excluding diaryl/α,β-unsaturated/α-hetero) is 1. The van der Waals surface area contributed by atoms with Crippen LogP contribution in [0.4, 0.5) is 0 Å². The van der Waals surface area contributed by atoms with Crippen molar-refractivity contribution in [2.45, 2.75) is 0 Å². The molecule has 106 valence electrons. The molecule has 0 saturated heterocycles. The van der Waals surface area contributed by atoms with E-state index in [0.717, 1.165) is 11.0 Å². The fourth-order valence-electron chi connectivity index (χ4n) is 1.19. The lowest BCUT2D eigenvalue weighted by molar-refractivity contribution is 0.106. The number of rotatable bonds is 5. The number of carbonyl (C=O) groups is 1. The molecule has 0 amide bonds. The zero-order valence-corrected chi connectivity index (χ0v) is 13.9. The zero-order chi connectivity index (χ0) is 13.5. The van der Waals surface area contributed by atoms with Crippen molar-refractivity contribution < 1.29 is 10.0 Å². The first-order valence-corrected chi connectivity index (χ1v) is 7.12. The number of halogens is 2. The molecule has 0 heterocycles. The summed E-state index contributed by atoms with van der Waals surface area (Å²) in [6.45, 7) is 0.817. The molecule has 0 fully saturated rings. The summed E-state index contributed by atoms with van der Waals surface area (Å²) in [5.41, 5.74) is 0.517. The maximum absolute atomic E-state index is 12.0. The molecule has 0 radical (unpaired) electrons. The fraction of sp³-hybridized carbons (Fsp3) is 0.333. The highest BCUT2D eigenvalue weighted by Crippen LogP contribution is 2.15. The van der Waals surface area contributed by atoms with Crippen LogP contribution in [0.15, 0.2) is 33.9 Å². The Kier molecular flexibility index (Phi) is 9.08. The van der Waals surface area contributed by atoms with E-state index < -0.39 is 0 Å². The second kappa shape index (κ2) is 9.36. The second-order valence-electron chi connectivity index (χ2n) is 3.89. The molecule has 19 heavy (non-hydrogen) atoms. The standard InChI is InChI=1S/C12H15BrN2O2S.ClH/c1-15(2)7-8-18-12(14-17)11(16)9-3-5-10(13)6-4-9;/h3-6,17H,7-8H2,1-2H3;1H/b14-12-;. The minimum atomic E-state index is -0.256. The molecule has 0 bridgehead atoms. The van der Waals surface area contributed by atoms with Gasteiger partial charge in [0, 0.05) is 22.3 Å². The summed E-state index contributed by atoms with van der Waals surface area (Å²) >= 11 is 4.56. The number of hydrogen-bond acceptors (Lipinski definition) is 5. The van der Waals surface area contributed by atoms with Gasteiger partial charge in [0.05, 0.1) is 0 Å². The Morgan fingerprint density at radius 3 is 2.42 bits per heavy atom. The van der Waals surface area contributed by atoms with Gasteiger partial charge in [-0.3, -0.25) is 4.79 Å². The van der Waals surface area contributed by atoms with Crippen LogP contribution in [-0.4, -0.2) is 47.3 Å². The fourth-order valence-corrected chi connectivity index (χ4v) is 2.41. The average Bonchev–Trinajstić information content (AvgIpc) is 2.34. The molecule has 0 aromatic heterocycles. The van der Waals surface area contributed by atoms with Gasteiger partial charge >= 0.3 is 0 Å². The Hall–Kier alpha value is -0.560. The molecule has 0 saturated carbocycles. The molecule has 0 unspecified atom stereocenters. The summed E-state index contributed by atoms with van der Waals surface area (Å²) in [5.74, 6) is 0.447. The van der Waals surface area contributed by atoms with Crippen molar-refractivity contribution in [3.63, 3.8) is 0 Å². The van der Waals surface area contributed by atoms with Crippen LogP contribution in [0.1, 0.15) is 10.4 Å². The van der Waals surface area contributed by atoms with E-state index in [1.807, 2.05) is 19.0 Å². The van der Waals surface area contributed by atoms with Crippen molar-refractivity contribution in [3.8, 4) is 0 Å². The van der Waals surface area contributed by atoms with Crippen LogP contribution in [0.3, 0.4) is 0 Å². The van der Waals surface area contributed by atoms with Gasteiger partial charge in [-0.15, -0.1) is 12.4 Å². The largest absolute Gasteiger partial charge is 0.410 e. The molecule has 4 nitrogen and oxygen atoms in total. The Morgan fingerprint density at radius 2 is 1.95 bits per heavy atom. The second-order valence-corrected chi connectivity index (χ2v) is 5.89. The van der Waals surface area contributed by atoms with E-state index in [0.29, 0.717) is 11.3 Å². The van der Waals surface area contributed by atoms with Gasteiger partial charge in [0.25, 0.3) is 0 Å². The van der Waals surface area contributed by atoms with Crippen LogP contribution >= 0.6 is 40.1 Å². The predicted octanol–water partition coefficient (Wildman–Crippen LogP) is 3.14. The van der Waals surface area contributed by atoms with Gasteiger partial charge in [-0.1, -0.05) is 32.8 Å². The molecule has 0 aliphatic heterocycles. The first-order chi connectivity index (χ1) is 8.54. The zero-order valence-electron chi connectivity index (χ0n) is 10.7. The molecule has 1 N–H and O–H groups in total. The first kappa shape index (κ1) is 18.4. The van der Waals surface area contributed by atoms with Gasteiger partial charge < -0.3 is 10.1 Å². The molecule has 1 aromatic carbocycles. The number of nitrogens with zero attached hydrogens (tertiary/aromatic N) is 2. The highest BCUT2D eigenvalue weighted by molar-refractivity contribution is 9.10. The van der Waals surface area contributed by atoms with E-state index in [1.54, 1.807) is 24.3 Å². The minimum absolute atomic E-state index is 0. The molecule has 0 atom stereocenters. The third-order valence-corrected chi connectivity index (χ3v) is 3.62. The van der Waals surface area contributed by atoms with Crippen molar-refractivity contribution in [1.29, 1.82) is 0 Å². The van der Waals surface area contributed by atoms with Gasteiger partial charge in [-0.2, -0.15) is 0 Å². The average molecular weight is 368 g/mol. The summed E-state index contributed by atoms with van der Waals surface area (Å²) in [4.78, 5) is 14.0. The van der Waals surface area contributed by atoms with Crippen LogP contribution in [-0.2, 0) is 0 Å². The SMILES string of the molecule is CN(C)CCS/C(=N\O)C(=O)c1ccc(Br)cc1.Cl. The number of benzene rings is 1. The van der Waals surface area contributed by atoms with Crippen molar-refractivity contribution >= 4 is 50.9 Å². The molecular weight excluding hydrogens is 352 g/mol. The van der Waals surface area contributed by atoms with Gasteiger partial charge in [0.2, 0.25) is 5.78 Å². The summed E-state index contributed by atoms with van der Waals surface area (Å²) in [5, 5.41) is 12.1. The van der Waals surface area contributed by atoms with E-state index in [-0.39, 0.29) is 23.2 Å². The minimum Gasteiger partial charge on any atom is -0.410 e. The number of ketones is 1. The van der Waals surface area contributed by atoms with Crippen LogP contribution in [0, 0.1) is 0 Å². The van der Waals surface area contributed by atoms with E-state index >= 15 is 0 Å². The molecule has 1 rings (SSSR count). The van der Waals surface area contributed by atoms with E-state index in [1.165, 1.54) is 11.8 Å². The molecule has 1 aromatic rings. The lowest BCUT2D eigenvalue weighted by atomic mass is 10.1. The third kappa shape index (κ3) is 6.42. The predicted molar refractivity (Wildman–Crippen MR) is 86.0 cm³/mol. The molecular formula is C12H16BrClN2O2S. The van der Waals surface area contributed by atoms with Crippen molar-refractivity contribution in [1.82, 2.24) is 4.90 Å². The Labute approximate surface area is 131 Å². The van der Waals surface area contributed by atoms with Crippen LogP contribution in [0.2, 0.25) is 0 Å². The summed E-state index contributed by atoms with van der Waals surface area (Å²) < 4.78 is 0.904. The smallest absolute Gasteiger partial charge is 0.221 e. The maximum atomic E-state index is 12.0. The Morgan fingerprint density at radius 1 is 1.37 bits per heavy atom. The first-order valence-electron chi connectivity index (χ1n) is 5.34. The summed E-state index contributed by atoms with van der Waals surface area (Å²) in [6.07, 6.45) is 0. The molecule has 7 heteroatoms. The molecule has 0 aliphatic rings. The highest BCUT2D eigenvalue weighted by Gasteiger charge is 2.15. The monoisotopic (exact) mass is 366 g/mol. The van der Waals surface area contributed by atoms with Gasteiger partial charge in [0.15, 0.2) is 5.04 Å². The van der Waals surface area contributed by atoms with Crippen LogP contribution < -0.4 is 0 Å². The molecule has 0 spiro atoms.